The number of carboxylic acids is 1. The van der Waals surface area contributed by atoms with E-state index in [0.717, 1.165) is 11.3 Å². The van der Waals surface area contributed by atoms with Crippen molar-refractivity contribution in [1.29, 1.82) is 0 Å². The summed E-state index contributed by atoms with van der Waals surface area (Å²) in [7, 11) is 0. The lowest BCUT2D eigenvalue weighted by Crippen LogP contribution is -2.43. The maximum atomic E-state index is 11.6. The molecule has 2 aromatic heterocycles. The zero-order valence-corrected chi connectivity index (χ0v) is 13.4. The molecular formula is C17H23N3O2. The van der Waals surface area contributed by atoms with E-state index in [-0.39, 0.29) is 5.69 Å². The molecule has 0 aromatic carbocycles. The lowest BCUT2D eigenvalue weighted by molar-refractivity contribution is 0.0678. The molecule has 0 saturated carbocycles. The van der Waals surface area contributed by atoms with Gasteiger partial charge in [0.25, 0.3) is 0 Å². The van der Waals surface area contributed by atoms with Crippen molar-refractivity contribution in [2.24, 2.45) is 0 Å². The summed E-state index contributed by atoms with van der Waals surface area (Å²) in [5.74, 6) is -0.950. The van der Waals surface area contributed by atoms with Gasteiger partial charge < -0.3 is 9.51 Å². The van der Waals surface area contributed by atoms with Crippen LogP contribution in [0.1, 0.15) is 54.9 Å². The van der Waals surface area contributed by atoms with Crippen molar-refractivity contribution in [1.82, 2.24) is 14.3 Å². The molecule has 3 heterocycles. The van der Waals surface area contributed by atoms with Crippen LogP contribution >= 0.6 is 0 Å². The third-order valence-electron chi connectivity index (χ3n) is 4.79. The summed E-state index contributed by atoms with van der Waals surface area (Å²) in [6.07, 6.45) is 5.51. The largest absolute Gasteiger partial charge is 0.476 e. The number of aryl methyl sites for hydroxylation is 1. The van der Waals surface area contributed by atoms with E-state index in [2.05, 4.69) is 23.7 Å². The number of imidazole rings is 1. The van der Waals surface area contributed by atoms with Gasteiger partial charge in [0.2, 0.25) is 0 Å². The van der Waals surface area contributed by atoms with Crippen LogP contribution in [0.5, 0.6) is 0 Å². The Hall–Kier alpha value is -1.88. The summed E-state index contributed by atoms with van der Waals surface area (Å²) in [6, 6.07) is 4.87. The monoisotopic (exact) mass is 301 g/mol. The number of hydrogen-bond donors (Lipinski definition) is 1. The Morgan fingerprint density at radius 2 is 2.05 bits per heavy atom. The number of carbonyl (C=O) groups is 1. The van der Waals surface area contributed by atoms with Gasteiger partial charge in [-0.1, -0.05) is 6.42 Å². The van der Waals surface area contributed by atoms with Crippen LogP contribution in [0.15, 0.2) is 18.3 Å². The highest BCUT2D eigenvalue weighted by molar-refractivity contribution is 5.88. The molecule has 22 heavy (non-hydrogen) atoms. The molecule has 1 saturated heterocycles. The van der Waals surface area contributed by atoms with Crippen molar-refractivity contribution in [2.45, 2.75) is 58.7 Å². The smallest absolute Gasteiger partial charge is 0.356 e. The van der Waals surface area contributed by atoms with E-state index in [1.807, 2.05) is 29.7 Å². The first-order chi connectivity index (χ1) is 10.5. The molecule has 5 heteroatoms. The molecule has 0 spiro atoms. The third-order valence-corrected chi connectivity index (χ3v) is 4.79. The molecule has 2 atom stereocenters. The first kappa shape index (κ1) is 15.0. The minimum absolute atomic E-state index is 0.176. The zero-order chi connectivity index (χ0) is 15.9. The molecular weight excluding hydrogens is 278 g/mol. The van der Waals surface area contributed by atoms with Gasteiger partial charge in [0.15, 0.2) is 5.69 Å². The fourth-order valence-corrected chi connectivity index (χ4v) is 3.48. The van der Waals surface area contributed by atoms with Gasteiger partial charge in [0.1, 0.15) is 5.65 Å². The van der Waals surface area contributed by atoms with Crippen LogP contribution in [0.4, 0.5) is 0 Å². The molecule has 0 bridgehead atoms. The number of likely N-dealkylation sites (tertiary alicyclic amines) is 1. The van der Waals surface area contributed by atoms with Gasteiger partial charge in [-0.3, -0.25) is 4.90 Å². The first-order valence-electron chi connectivity index (χ1n) is 7.94. The van der Waals surface area contributed by atoms with Crippen molar-refractivity contribution in [3.05, 3.63) is 35.3 Å². The van der Waals surface area contributed by atoms with Crippen molar-refractivity contribution in [2.75, 3.05) is 0 Å². The molecule has 1 N–H and O–H groups in total. The Bertz CT molecular complexity index is 697. The molecule has 5 nitrogen and oxygen atoms in total. The summed E-state index contributed by atoms with van der Waals surface area (Å²) >= 11 is 0. The van der Waals surface area contributed by atoms with Gasteiger partial charge in [-0.05, 0) is 51.3 Å². The summed E-state index contributed by atoms with van der Waals surface area (Å²) in [4.78, 5) is 18.3. The Morgan fingerprint density at radius 1 is 1.36 bits per heavy atom. The molecule has 1 fully saturated rings. The lowest BCUT2D eigenvalue weighted by atomic mass is 9.97. The molecule has 0 radical (unpaired) electrons. The van der Waals surface area contributed by atoms with E-state index in [4.69, 9.17) is 0 Å². The summed E-state index contributed by atoms with van der Waals surface area (Å²) < 4.78 is 1.92. The van der Waals surface area contributed by atoms with E-state index in [1.54, 1.807) is 0 Å². The van der Waals surface area contributed by atoms with Crippen LogP contribution in [0.25, 0.3) is 5.65 Å². The highest BCUT2D eigenvalue weighted by Crippen LogP contribution is 2.26. The third kappa shape index (κ3) is 2.61. The van der Waals surface area contributed by atoms with E-state index in [9.17, 15) is 9.90 Å². The quantitative estimate of drug-likeness (QED) is 0.946. The number of carboxylic acid groups (broad SMARTS) is 1. The van der Waals surface area contributed by atoms with Gasteiger partial charge in [-0.15, -0.1) is 0 Å². The minimum Gasteiger partial charge on any atom is -0.476 e. The Kier molecular flexibility index (Phi) is 3.91. The van der Waals surface area contributed by atoms with Crippen molar-refractivity contribution >= 4 is 11.6 Å². The van der Waals surface area contributed by atoms with E-state index in [1.165, 1.54) is 19.3 Å². The van der Waals surface area contributed by atoms with Gasteiger partial charge in [0, 0.05) is 24.8 Å². The molecule has 2 unspecified atom stereocenters. The van der Waals surface area contributed by atoms with Crippen LogP contribution in [0.2, 0.25) is 0 Å². The molecule has 2 aromatic rings. The average Bonchev–Trinajstić information content (AvgIpc) is 2.81. The second-order valence-corrected chi connectivity index (χ2v) is 6.45. The number of nitrogens with zero attached hydrogens (tertiary/aromatic N) is 3. The number of hydrogen-bond acceptors (Lipinski definition) is 3. The Balaban J connectivity index is 2.04. The fraction of sp³-hybridized carbons (Fsp3) is 0.529. The van der Waals surface area contributed by atoms with Gasteiger partial charge >= 0.3 is 5.97 Å². The normalized spacial score (nSPS) is 23.0. The number of rotatable bonds is 3. The molecule has 1 aliphatic heterocycles. The minimum atomic E-state index is -0.950. The lowest BCUT2D eigenvalue weighted by Gasteiger charge is -2.38. The standard InChI is InChI=1S/C17H23N3O2/c1-11-7-8-19-14(16(17(21)22)18-15(19)9-11)10-20-12(2)5-4-6-13(20)3/h7-9,12-13H,4-6,10H2,1-3H3,(H,21,22). The van der Waals surface area contributed by atoms with Gasteiger partial charge in [-0.2, -0.15) is 0 Å². The average molecular weight is 301 g/mol. The second-order valence-electron chi connectivity index (χ2n) is 6.45. The van der Waals surface area contributed by atoms with E-state index < -0.39 is 5.97 Å². The molecule has 0 amide bonds. The van der Waals surface area contributed by atoms with Crippen molar-refractivity contribution in [3.8, 4) is 0 Å². The number of fused-ring (bicyclic) bond motifs is 1. The molecule has 0 aliphatic carbocycles. The van der Waals surface area contributed by atoms with E-state index in [0.29, 0.717) is 24.3 Å². The fourth-order valence-electron chi connectivity index (χ4n) is 3.48. The van der Waals surface area contributed by atoms with Gasteiger partial charge in [-0.25, -0.2) is 9.78 Å². The summed E-state index contributed by atoms with van der Waals surface area (Å²) in [5, 5.41) is 9.50. The maximum absolute atomic E-state index is 11.6. The highest BCUT2D eigenvalue weighted by atomic mass is 16.4. The van der Waals surface area contributed by atoms with Crippen LogP contribution in [-0.4, -0.2) is 37.4 Å². The SMILES string of the molecule is Cc1ccn2c(CN3C(C)CCCC3C)c(C(=O)O)nc2c1. The van der Waals surface area contributed by atoms with Crippen molar-refractivity contribution < 1.29 is 9.90 Å². The zero-order valence-electron chi connectivity index (χ0n) is 13.4. The van der Waals surface area contributed by atoms with E-state index >= 15 is 0 Å². The summed E-state index contributed by atoms with van der Waals surface area (Å²) in [5.41, 5.74) is 2.75. The molecule has 3 rings (SSSR count). The number of pyridine rings is 1. The van der Waals surface area contributed by atoms with Gasteiger partial charge in [0.05, 0.1) is 5.69 Å². The number of piperidine rings is 1. The van der Waals surface area contributed by atoms with Crippen LogP contribution in [0.3, 0.4) is 0 Å². The predicted molar refractivity (Wildman–Crippen MR) is 85.2 cm³/mol. The Morgan fingerprint density at radius 3 is 2.68 bits per heavy atom. The topological polar surface area (TPSA) is 57.8 Å². The predicted octanol–water partition coefficient (Wildman–Crippen LogP) is 3.10. The number of aromatic carboxylic acids is 1. The maximum Gasteiger partial charge on any atom is 0.356 e. The first-order valence-corrected chi connectivity index (χ1v) is 7.94. The van der Waals surface area contributed by atoms with Crippen molar-refractivity contribution in [3.63, 3.8) is 0 Å². The summed E-state index contributed by atoms with van der Waals surface area (Å²) in [6.45, 7) is 7.07. The van der Waals surface area contributed by atoms with Crippen LogP contribution < -0.4 is 0 Å². The van der Waals surface area contributed by atoms with Crippen LogP contribution in [-0.2, 0) is 6.54 Å². The number of aromatic nitrogens is 2. The molecule has 1 aliphatic rings. The van der Waals surface area contributed by atoms with Crippen LogP contribution in [0, 0.1) is 6.92 Å². The highest BCUT2D eigenvalue weighted by Gasteiger charge is 2.28. The molecule has 118 valence electrons. The Labute approximate surface area is 130 Å². The second kappa shape index (κ2) is 5.72.